The second-order valence-electron chi connectivity index (χ2n) is 8.42. The minimum Gasteiger partial charge on any atom is -0.350 e. The molecule has 0 spiro atoms. The van der Waals surface area contributed by atoms with Crippen LogP contribution in [0.1, 0.15) is 24.0 Å². The maximum atomic E-state index is 13.1. The van der Waals surface area contributed by atoms with E-state index in [4.69, 9.17) is 17.2 Å². The van der Waals surface area contributed by atoms with E-state index in [1.807, 2.05) is 60.9 Å². The first-order chi connectivity index (χ1) is 17.4. The molecule has 3 amide bonds. The van der Waals surface area contributed by atoms with Crippen LogP contribution in [0.2, 0.25) is 0 Å². The zero-order valence-electron chi connectivity index (χ0n) is 20.8. The van der Waals surface area contributed by atoms with E-state index in [1.54, 1.807) is 11.8 Å². The minimum atomic E-state index is -1.10. The zero-order chi connectivity index (χ0) is 26.3. The van der Waals surface area contributed by atoms with Gasteiger partial charge in [-0.15, -0.1) is 11.8 Å². The normalized spacial score (nSPS) is 12.4. The van der Waals surface area contributed by atoms with E-state index in [9.17, 15) is 14.4 Å². The highest BCUT2D eigenvalue weighted by Crippen LogP contribution is 2.16. The van der Waals surface area contributed by atoms with Crippen molar-refractivity contribution in [2.75, 3.05) is 32.4 Å². The van der Waals surface area contributed by atoms with Crippen molar-refractivity contribution in [3.63, 3.8) is 0 Å². The van der Waals surface area contributed by atoms with Crippen molar-refractivity contribution < 1.29 is 14.4 Å². The van der Waals surface area contributed by atoms with Gasteiger partial charge in [-0.25, -0.2) is 0 Å². The lowest BCUT2D eigenvalue weighted by molar-refractivity contribution is -0.135. The molecule has 0 fully saturated rings. The molecule has 0 bridgehead atoms. The van der Waals surface area contributed by atoms with Gasteiger partial charge in [0.05, 0.1) is 12.5 Å². The number of hydrogen-bond donors (Lipinski definition) is 5. The van der Waals surface area contributed by atoms with Gasteiger partial charge in [-0.1, -0.05) is 42.5 Å². The molecule has 2 atom stereocenters. The maximum Gasteiger partial charge on any atom is 0.242 e. The summed E-state index contributed by atoms with van der Waals surface area (Å²) in [7, 11) is 0. The number of rotatable bonds is 15. The quantitative estimate of drug-likeness (QED) is 0.218. The van der Waals surface area contributed by atoms with Crippen LogP contribution < -0.4 is 27.8 Å². The predicted octanol–water partition coefficient (Wildman–Crippen LogP) is 0.606. The Bertz CT molecular complexity index is 969. The third-order valence-electron chi connectivity index (χ3n) is 5.68. The molecular weight excluding hydrogens is 476 g/mol. The summed E-state index contributed by atoms with van der Waals surface area (Å²) in [6.45, 7) is 1.58. The van der Waals surface area contributed by atoms with Gasteiger partial charge in [-0.05, 0) is 42.4 Å². The van der Waals surface area contributed by atoms with Gasteiger partial charge < -0.3 is 32.7 Å². The standard InChI is InChI=1S/C26H38N6O3S/c1-36-21-9-5-8-20(16-21)18-30-26(35)23(11-10-19-6-3-2-4-7-19)31-25(34)22(29)17-24(33)32(14-12-27)15-13-28/h2-9,16,22-23H,10-15,17-18,27-29H2,1H3,(H,30,35)(H,31,34)/t22-,23-/m0/s1. The Kier molecular flexibility index (Phi) is 13.0. The van der Waals surface area contributed by atoms with Gasteiger partial charge in [0, 0.05) is 37.6 Å². The highest BCUT2D eigenvalue weighted by Gasteiger charge is 2.26. The average molecular weight is 515 g/mol. The predicted molar refractivity (Wildman–Crippen MR) is 144 cm³/mol. The van der Waals surface area contributed by atoms with Crippen molar-refractivity contribution in [2.45, 2.75) is 42.8 Å². The molecule has 2 rings (SSSR count). The fraction of sp³-hybridized carbons (Fsp3) is 0.423. The van der Waals surface area contributed by atoms with Crippen LogP contribution >= 0.6 is 11.8 Å². The Hall–Kier alpha value is -2.92. The van der Waals surface area contributed by atoms with E-state index >= 15 is 0 Å². The number of aryl methyl sites for hydroxylation is 1. The van der Waals surface area contributed by atoms with Crippen molar-refractivity contribution in [3.05, 3.63) is 65.7 Å². The van der Waals surface area contributed by atoms with E-state index in [0.29, 0.717) is 32.5 Å². The summed E-state index contributed by atoms with van der Waals surface area (Å²) >= 11 is 1.63. The van der Waals surface area contributed by atoms with Crippen LogP contribution in [0.5, 0.6) is 0 Å². The Labute approximate surface area is 217 Å². The largest absolute Gasteiger partial charge is 0.350 e. The van der Waals surface area contributed by atoms with Gasteiger partial charge >= 0.3 is 0 Å². The second-order valence-corrected chi connectivity index (χ2v) is 9.30. The molecule has 0 saturated carbocycles. The van der Waals surface area contributed by atoms with Crippen LogP contribution in [0.4, 0.5) is 0 Å². The van der Waals surface area contributed by atoms with Gasteiger partial charge in [0.1, 0.15) is 6.04 Å². The molecule has 0 aliphatic heterocycles. The molecule has 196 valence electrons. The van der Waals surface area contributed by atoms with E-state index < -0.39 is 18.0 Å². The SMILES string of the molecule is CSc1cccc(CNC(=O)[C@H](CCc2ccccc2)NC(=O)[C@@H](N)CC(=O)N(CCN)CCN)c1. The first-order valence-electron chi connectivity index (χ1n) is 12.1. The maximum absolute atomic E-state index is 13.1. The van der Waals surface area contributed by atoms with Gasteiger partial charge in [0.15, 0.2) is 0 Å². The Morgan fingerprint density at radius 2 is 1.61 bits per heavy atom. The van der Waals surface area contributed by atoms with Gasteiger partial charge in [-0.3, -0.25) is 14.4 Å². The summed E-state index contributed by atoms with van der Waals surface area (Å²) in [6, 6.07) is 15.7. The lowest BCUT2D eigenvalue weighted by Crippen LogP contribution is -2.53. The number of nitrogens with one attached hydrogen (secondary N) is 2. The number of benzene rings is 2. The van der Waals surface area contributed by atoms with Gasteiger partial charge in [0.2, 0.25) is 17.7 Å². The van der Waals surface area contributed by atoms with E-state index in [-0.39, 0.29) is 31.3 Å². The third-order valence-corrected chi connectivity index (χ3v) is 6.41. The van der Waals surface area contributed by atoms with Crippen molar-refractivity contribution >= 4 is 29.5 Å². The van der Waals surface area contributed by atoms with Gasteiger partial charge in [-0.2, -0.15) is 0 Å². The molecule has 0 heterocycles. The molecule has 0 aromatic heterocycles. The molecule has 36 heavy (non-hydrogen) atoms. The Balaban J connectivity index is 2.04. The number of nitrogens with two attached hydrogens (primary N) is 3. The van der Waals surface area contributed by atoms with Crippen LogP contribution in [0.15, 0.2) is 59.5 Å². The molecule has 10 heteroatoms. The molecule has 2 aromatic carbocycles. The monoisotopic (exact) mass is 514 g/mol. The first kappa shape index (κ1) is 29.3. The fourth-order valence-electron chi connectivity index (χ4n) is 3.68. The Morgan fingerprint density at radius 1 is 0.944 bits per heavy atom. The highest BCUT2D eigenvalue weighted by atomic mass is 32.2. The summed E-state index contributed by atoms with van der Waals surface area (Å²) < 4.78 is 0. The van der Waals surface area contributed by atoms with Crippen LogP contribution in [-0.2, 0) is 27.3 Å². The molecule has 2 aromatic rings. The first-order valence-corrected chi connectivity index (χ1v) is 13.3. The highest BCUT2D eigenvalue weighted by molar-refractivity contribution is 7.98. The lowest BCUT2D eigenvalue weighted by Gasteiger charge is -2.24. The molecule has 0 aliphatic rings. The fourth-order valence-corrected chi connectivity index (χ4v) is 4.16. The van der Waals surface area contributed by atoms with E-state index in [0.717, 1.165) is 16.0 Å². The molecule has 0 aliphatic carbocycles. The number of carbonyl (C=O) groups excluding carboxylic acids is 3. The van der Waals surface area contributed by atoms with E-state index in [2.05, 4.69) is 10.6 Å². The summed E-state index contributed by atoms with van der Waals surface area (Å²) in [4.78, 5) is 41.1. The summed E-state index contributed by atoms with van der Waals surface area (Å²) in [6.07, 6.45) is 2.78. The molecule has 0 unspecified atom stereocenters. The third kappa shape index (κ3) is 9.98. The number of nitrogens with zero attached hydrogens (tertiary/aromatic N) is 1. The summed E-state index contributed by atoms with van der Waals surface area (Å²) in [5, 5.41) is 5.67. The van der Waals surface area contributed by atoms with Gasteiger partial charge in [0.25, 0.3) is 0 Å². The van der Waals surface area contributed by atoms with Crippen molar-refractivity contribution in [1.82, 2.24) is 15.5 Å². The molecular formula is C26H38N6O3S. The number of thioether (sulfide) groups is 1. The number of carbonyl (C=O) groups is 3. The molecule has 0 saturated heterocycles. The topological polar surface area (TPSA) is 157 Å². The van der Waals surface area contributed by atoms with E-state index in [1.165, 1.54) is 4.90 Å². The lowest BCUT2D eigenvalue weighted by atomic mass is 10.0. The number of amides is 3. The van der Waals surface area contributed by atoms with Crippen LogP contribution in [0.25, 0.3) is 0 Å². The smallest absolute Gasteiger partial charge is 0.242 e. The average Bonchev–Trinajstić information content (AvgIpc) is 2.89. The molecule has 8 N–H and O–H groups in total. The number of hydrogen-bond acceptors (Lipinski definition) is 7. The summed E-state index contributed by atoms with van der Waals surface area (Å²) in [5.74, 6) is -1.16. The van der Waals surface area contributed by atoms with Crippen molar-refractivity contribution in [3.8, 4) is 0 Å². The summed E-state index contributed by atoms with van der Waals surface area (Å²) in [5.41, 5.74) is 19.2. The van der Waals surface area contributed by atoms with Crippen molar-refractivity contribution in [1.29, 1.82) is 0 Å². The Morgan fingerprint density at radius 3 is 2.25 bits per heavy atom. The van der Waals surface area contributed by atoms with Crippen LogP contribution in [-0.4, -0.2) is 67.1 Å². The molecule has 9 nitrogen and oxygen atoms in total. The van der Waals surface area contributed by atoms with Crippen molar-refractivity contribution in [2.24, 2.45) is 17.2 Å². The van der Waals surface area contributed by atoms with Crippen LogP contribution in [0.3, 0.4) is 0 Å². The molecule has 0 radical (unpaired) electrons. The second kappa shape index (κ2) is 15.9. The van der Waals surface area contributed by atoms with Crippen LogP contribution in [0, 0.1) is 0 Å². The minimum absolute atomic E-state index is 0.194. The zero-order valence-corrected chi connectivity index (χ0v) is 21.6.